The second kappa shape index (κ2) is 35.5. The normalized spacial score (nSPS) is 11.7. The number of benzene rings is 2. The molecule has 300 valence electrons. The summed E-state index contributed by atoms with van der Waals surface area (Å²) in [4.78, 5) is 10.3. The minimum absolute atomic E-state index is 0. The molecule has 2 aromatic rings. The van der Waals surface area contributed by atoms with Crippen LogP contribution in [0.2, 0.25) is 0 Å². The Bertz CT molecular complexity index is 1230. The first-order valence-electron chi connectivity index (χ1n) is 22.5. The molecule has 0 N–H and O–H groups in total. The largest absolute Gasteiger partial charge is 0.251 e. The first kappa shape index (κ1) is 48.9. The molecule has 0 fully saturated rings. The fourth-order valence-corrected chi connectivity index (χ4v) is 6.89. The van der Waals surface area contributed by atoms with Gasteiger partial charge in [-0.05, 0) is 86.3 Å². The molecule has 2 nitrogen and oxygen atoms in total. The van der Waals surface area contributed by atoms with E-state index in [1.807, 2.05) is 0 Å². The summed E-state index contributed by atoms with van der Waals surface area (Å²) in [7, 11) is 0. The average molecular weight is 768 g/mol. The van der Waals surface area contributed by atoms with E-state index in [-0.39, 0.29) is 16.5 Å². The van der Waals surface area contributed by atoms with Gasteiger partial charge in [0.25, 0.3) is 0 Å². The van der Waals surface area contributed by atoms with Gasteiger partial charge >= 0.3 is 0 Å². The van der Waals surface area contributed by atoms with Crippen molar-refractivity contribution in [3.8, 4) is 11.8 Å². The van der Waals surface area contributed by atoms with E-state index in [0.29, 0.717) is 0 Å². The van der Waals surface area contributed by atoms with Gasteiger partial charge in [-0.1, -0.05) is 199 Å². The fraction of sp³-hybridized carbons (Fsp3) is 0.680. The number of aryl methyl sites for hydroxylation is 2. The van der Waals surface area contributed by atoms with Crippen LogP contribution in [0.15, 0.2) is 58.5 Å². The molecule has 0 saturated carbocycles. The molecule has 0 unspecified atom stereocenters. The molecule has 0 aliphatic carbocycles. The molecule has 0 aliphatic heterocycles. The van der Waals surface area contributed by atoms with Gasteiger partial charge in [-0.15, -0.1) is 0 Å². The van der Waals surface area contributed by atoms with Crippen molar-refractivity contribution in [3.05, 3.63) is 59.7 Å². The zero-order valence-corrected chi connectivity index (χ0v) is 36.0. The van der Waals surface area contributed by atoms with Crippen LogP contribution in [0.4, 0.5) is 11.4 Å². The van der Waals surface area contributed by atoms with Crippen LogP contribution >= 0.6 is 0 Å². The standard InChI is InChI=1S/C50H80N2.Ni/c1-5-9-13-14-15-16-17-18-19-20-21-22-23-24-25-26-27-28-29-30-32-36-50(52-48-43-39-46(40-44-48)34-12-8-4)49(35-31-10-6-2)51-47-41-37-45(38-42-47)33-11-7-3;/h37-44H,5-31,33-35H2,1-4H3;. The predicted molar refractivity (Wildman–Crippen MR) is 234 cm³/mol. The molecular formula is C50H80N2Ni. The van der Waals surface area contributed by atoms with Gasteiger partial charge < -0.3 is 0 Å². The number of rotatable bonds is 32. The first-order chi connectivity index (χ1) is 25.7. The Balaban J connectivity index is 0.0000140. The maximum Gasteiger partial charge on any atom is 0.135 e. The smallest absolute Gasteiger partial charge is 0.135 e. The second-order valence-corrected chi connectivity index (χ2v) is 15.4. The van der Waals surface area contributed by atoms with E-state index in [4.69, 9.17) is 9.98 Å². The molecule has 2 rings (SSSR count). The van der Waals surface area contributed by atoms with Crippen molar-refractivity contribution >= 4 is 22.8 Å². The molecule has 0 saturated heterocycles. The van der Waals surface area contributed by atoms with Crippen molar-refractivity contribution in [2.45, 2.75) is 220 Å². The van der Waals surface area contributed by atoms with Crippen LogP contribution in [0.5, 0.6) is 0 Å². The van der Waals surface area contributed by atoms with Gasteiger partial charge in [-0.25, -0.2) is 4.99 Å². The predicted octanol–water partition coefficient (Wildman–Crippen LogP) is 16.6. The number of unbranched alkanes of at least 4 members (excludes halogenated alkanes) is 23. The van der Waals surface area contributed by atoms with Gasteiger partial charge in [0.2, 0.25) is 0 Å². The second-order valence-electron chi connectivity index (χ2n) is 15.4. The van der Waals surface area contributed by atoms with Gasteiger partial charge in [0.1, 0.15) is 5.71 Å². The molecule has 0 amide bonds. The number of nitrogens with zero attached hydrogens (tertiary/aromatic N) is 2. The van der Waals surface area contributed by atoms with Crippen LogP contribution in [0, 0.1) is 11.8 Å². The third kappa shape index (κ3) is 26.3. The molecule has 0 bridgehead atoms. The van der Waals surface area contributed by atoms with Crippen LogP contribution in [-0.4, -0.2) is 11.4 Å². The van der Waals surface area contributed by atoms with Crippen molar-refractivity contribution in [1.82, 2.24) is 0 Å². The fourth-order valence-electron chi connectivity index (χ4n) is 6.89. The summed E-state index contributed by atoms with van der Waals surface area (Å²) in [5, 5.41) is 0. The molecule has 0 radical (unpaired) electrons. The van der Waals surface area contributed by atoms with E-state index in [2.05, 4.69) is 88.1 Å². The molecule has 0 spiro atoms. The summed E-state index contributed by atoms with van der Waals surface area (Å²) in [5.74, 6) is 7.06. The minimum Gasteiger partial charge on any atom is -0.251 e. The van der Waals surface area contributed by atoms with Crippen LogP contribution in [0.1, 0.15) is 219 Å². The first-order valence-corrected chi connectivity index (χ1v) is 22.5. The third-order valence-electron chi connectivity index (χ3n) is 10.4. The number of hydrogen-bond acceptors (Lipinski definition) is 2. The molecule has 0 atom stereocenters. The van der Waals surface area contributed by atoms with E-state index >= 15 is 0 Å². The van der Waals surface area contributed by atoms with Gasteiger partial charge in [-0.2, -0.15) is 0 Å². The van der Waals surface area contributed by atoms with Crippen LogP contribution in [0.25, 0.3) is 0 Å². The van der Waals surface area contributed by atoms with Gasteiger partial charge in [0.15, 0.2) is 0 Å². The average Bonchev–Trinajstić information content (AvgIpc) is 3.17. The van der Waals surface area contributed by atoms with Crippen molar-refractivity contribution in [1.29, 1.82) is 0 Å². The SMILES string of the molecule is CCCCCCCCCCCCCCCCCCCCCC#CC(=Nc1ccc(CCCC)cc1)C(CCCCC)=Nc1ccc(CCCC)cc1.[Ni]. The van der Waals surface area contributed by atoms with Gasteiger partial charge in [-0.3, -0.25) is 4.99 Å². The minimum atomic E-state index is 0. The Labute approximate surface area is 339 Å². The third-order valence-corrected chi connectivity index (χ3v) is 10.4. The Morgan fingerprint density at radius 1 is 0.415 bits per heavy atom. The van der Waals surface area contributed by atoms with E-state index in [1.165, 1.54) is 172 Å². The van der Waals surface area contributed by atoms with Crippen molar-refractivity contribution in [3.63, 3.8) is 0 Å². The Morgan fingerprint density at radius 3 is 1.19 bits per heavy atom. The summed E-state index contributed by atoms with van der Waals surface area (Å²) in [6.07, 6.45) is 39.2. The van der Waals surface area contributed by atoms with Crippen LogP contribution in [-0.2, 0) is 29.3 Å². The summed E-state index contributed by atoms with van der Waals surface area (Å²) < 4.78 is 0. The van der Waals surface area contributed by atoms with E-state index < -0.39 is 0 Å². The molecular weight excluding hydrogens is 687 g/mol. The van der Waals surface area contributed by atoms with Gasteiger partial charge in [0.05, 0.1) is 17.1 Å². The van der Waals surface area contributed by atoms with Crippen LogP contribution < -0.4 is 0 Å². The van der Waals surface area contributed by atoms with Crippen molar-refractivity contribution < 1.29 is 16.5 Å². The zero-order chi connectivity index (χ0) is 37.2. The Hall–Kier alpha value is -2.17. The quantitative estimate of drug-likeness (QED) is 0.0307. The summed E-state index contributed by atoms with van der Waals surface area (Å²) in [5.41, 5.74) is 6.65. The van der Waals surface area contributed by atoms with Crippen molar-refractivity contribution in [2.75, 3.05) is 0 Å². The molecule has 0 aromatic heterocycles. The summed E-state index contributed by atoms with van der Waals surface area (Å²) in [6.45, 7) is 9.07. The van der Waals surface area contributed by atoms with E-state index in [1.54, 1.807) is 0 Å². The molecule has 0 heterocycles. The van der Waals surface area contributed by atoms with Crippen molar-refractivity contribution in [2.24, 2.45) is 9.98 Å². The Morgan fingerprint density at radius 2 is 0.774 bits per heavy atom. The number of aliphatic imine (C=N–C) groups is 2. The number of hydrogen-bond donors (Lipinski definition) is 0. The zero-order valence-electron chi connectivity index (χ0n) is 35.0. The maximum atomic E-state index is 5.20. The molecule has 3 heteroatoms. The summed E-state index contributed by atoms with van der Waals surface area (Å²) >= 11 is 0. The van der Waals surface area contributed by atoms with E-state index in [0.717, 1.165) is 54.9 Å². The molecule has 0 aliphatic rings. The molecule has 53 heavy (non-hydrogen) atoms. The summed E-state index contributed by atoms with van der Waals surface area (Å²) in [6, 6.07) is 17.6. The van der Waals surface area contributed by atoms with E-state index in [9.17, 15) is 0 Å². The Kier molecular flexibility index (Phi) is 32.8. The molecule has 2 aromatic carbocycles. The maximum absolute atomic E-state index is 5.20. The van der Waals surface area contributed by atoms with Crippen LogP contribution in [0.3, 0.4) is 0 Å². The van der Waals surface area contributed by atoms with Gasteiger partial charge in [0, 0.05) is 22.9 Å². The topological polar surface area (TPSA) is 24.7 Å². The monoisotopic (exact) mass is 767 g/mol.